The molecule has 6 heteroatoms. The molecule has 0 spiro atoms. The summed E-state index contributed by atoms with van der Waals surface area (Å²) in [6.45, 7) is 1.88. The van der Waals surface area contributed by atoms with Gasteiger partial charge < -0.3 is 9.84 Å². The predicted molar refractivity (Wildman–Crippen MR) is 80.9 cm³/mol. The summed E-state index contributed by atoms with van der Waals surface area (Å²) in [6, 6.07) is 9.52. The van der Waals surface area contributed by atoms with E-state index in [9.17, 15) is 4.79 Å². The number of aromatic nitrogens is 2. The zero-order valence-electron chi connectivity index (χ0n) is 11.9. The van der Waals surface area contributed by atoms with Crippen molar-refractivity contribution in [3.63, 3.8) is 0 Å². The lowest BCUT2D eigenvalue weighted by Gasteiger charge is -2.06. The fourth-order valence-electron chi connectivity index (χ4n) is 1.81. The van der Waals surface area contributed by atoms with E-state index in [0.29, 0.717) is 17.3 Å². The summed E-state index contributed by atoms with van der Waals surface area (Å²) in [4.78, 5) is 19.4. The number of carboxylic acid groups (broad SMARTS) is 1. The van der Waals surface area contributed by atoms with Gasteiger partial charge in [0.25, 0.3) is 0 Å². The first-order chi connectivity index (χ1) is 10.1. The summed E-state index contributed by atoms with van der Waals surface area (Å²) >= 11 is 1.20. The maximum Gasteiger partial charge on any atom is 0.313 e. The van der Waals surface area contributed by atoms with E-state index in [1.165, 1.54) is 11.8 Å². The highest BCUT2D eigenvalue weighted by atomic mass is 32.2. The minimum atomic E-state index is -0.854. The van der Waals surface area contributed by atoms with Crippen molar-refractivity contribution < 1.29 is 14.6 Å². The van der Waals surface area contributed by atoms with Gasteiger partial charge in [0.2, 0.25) is 0 Å². The molecular weight excluding hydrogens is 288 g/mol. The Morgan fingerprint density at radius 2 is 2.00 bits per heavy atom. The molecule has 0 radical (unpaired) electrons. The number of benzene rings is 1. The number of nitrogens with zero attached hydrogens (tertiary/aromatic N) is 2. The summed E-state index contributed by atoms with van der Waals surface area (Å²) in [5, 5.41) is 9.41. The van der Waals surface area contributed by atoms with Gasteiger partial charge in [0.1, 0.15) is 16.6 Å². The number of aliphatic carboxylic acids is 1. The zero-order valence-corrected chi connectivity index (χ0v) is 12.7. The minimum Gasteiger partial charge on any atom is -0.497 e. The third-order valence-electron chi connectivity index (χ3n) is 2.74. The molecule has 0 aliphatic rings. The minimum absolute atomic E-state index is 0.00156. The number of aryl methyl sites for hydroxylation is 1. The molecule has 0 aliphatic carbocycles. The molecule has 1 N–H and O–H groups in total. The van der Waals surface area contributed by atoms with Crippen LogP contribution in [0.1, 0.15) is 17.1 Å². The fourth-order valence-corrected chi connectivity index (χ4v) is 2.51. The first-order valence-corrected chi connectivity index (χ1v) is 7.37. The standard InChI is InChI=1S/C15H16N2O3S/c1-10-7-14(21-9-15(18)19)17-13(16-10)8-11-3-5-12(20-2)6-4-11/h3-7H,8-9H2,1-2H3,(H,18,19). The van der Waals surface area contributed by atoms with Crippen LogP contribution in [0.5, 0.6) is 5.75 Å². The van der Waals surface area contributed by atoms with Crippen molar-refractivity contribution in [1.82, 2.24) is 9.97 Å². The Morgan fingerprint density at radius 3 is 2.62 bits per heavy atom. The molecule has 0 saturated heterocycles. The molecule has 5 nitrogen and oxygen atoms in total. The highest BCUT2D eigenvalue weighted by Gasteiger charge is 2.06. The second-order valence-corrected chi connectivity index (χ2v) is 5.47. The van der Waals surface area contributed by atoms with Crippen molar-refractivity contribution >= 4 is 17.7 Å². The van der Waals surface area contributed by atoms with Gasteiger partial charge in [0, 0.05) is 12.1 Å². The molecule has 1 aromatic heterocycles. The number of rotatable bonds is 6. The molecule has 0 amide bonds. The molecular formula is C15H16N2O3S. The van der Waals surface area contributed by atoms with E-state index < -0.39 is 5.97 Å². The molecule has 21 heavy (non-hydrogen) atoms. The maximum atomic E-state index is 10.6. The van der Waals surface area contributed by atoms with Crippen LogP contribution < -0.4 is 4.74 Å². The van der Waals surface area contributed by atoms with Gasteiger partial charge in [0.05, 0.1) is 12.9 Å². The molecule has 110 valence electrons. The predicted octanol–water partition coefficient (Wildman–Crippen LogP) is 2.56. The van der Waals surface area contributed by atoms with Crippen LogP contribution in [0.2, 0.25) is 0 Å². The first-order valence-electron chi connectivity index (χ1n) is 6.39. The summed E-state index contributed by atoms with van der Waals surface area (Å²) in [7, 11) is 1.63. The molecule has 0 atom stereocenters. The average molecular weight is 304 g/mol. The van der Waals surface area contributed by atoms with Crippen LogP contribution in [-0.4, -0.2) is 33.9 Å². The lowest BCUT2D eigenvalue weighted by atomic mass is 10.1. The van der Waals surface area contributed by atoms with Crippen molar-refractivity contribution in [2.75, 3.05) is 12.9 Å². The maximum absolute atomic E-state index is 10.6. The lowest BCUT2D eigenvalue weighted by molar-refractivity contribution is -0.133. The van der Waals surface area contributed by atoms with Gasteiger partial charge >= 0.3 is 5.97 Å². The Kier molecular flexibility index (Phi) is 5.16. The molecule has 2 aromatic rings. The summed E-state index contributed by atoms with van der Waals surface area (Å²) < 4.78 is 5.12. The van der Waals surface area contributed by atoms with E-state index >= 15 is 0 Å². The van der Waals surface area contributed by atoms with Crippen molar-refractivity contribution in [3.8, 4) is 5.75 Å². The van der Waals surface area contributed by atoms with Crippen LogP contribution >= 0.6 is 11.8 Å². The molecule has 0 bridgehead atoms. The monoisotopic (exact) mass is 304 g/mol. The summed E-state index contributed by atoms with van der Waals surface area (Å²) in [5.74, 6) is 0.640. The third kappa shape index (κ3) is 4.75. The zero-order chi connectivity index (χ0) is 15.2. The van der Waals surface area contributed by atoms with Crippen LogP contribution in [0.3, 0.4) is 0 Å². The highest BCUT2D eigenvalue weighted by molar-refractivity contribution is 7.99. The Hall–Kier alpha value is -2.08. The number of methoxy groups -OCH3 is 1. The molecule has 0 unspecified atom stereocenters. The number of carbonyl (C=O) groups is 1. The van der Waals surface area contributed by atoms with Gasteiger partial charge in [0.15, 0.2) is 0 Å². The van der Waals surface area contributed by atoms with Crippen LogP contribution in [0, 0.1) is 6.92 Å². The second-order valence-electron chi connectivity index (χ2n) is 4.47. The van der Waals surface area contributed by atoms with Gasteiger partial charge in [-0.1, -0.05) is 23.9 Å². The van der Waals surface area contributed by atoms with Gasteiger partial charge in [-0.05, 0) is 30.7 Å². The molecule has 0 aliphatic heterocycles. The molecule has 0 fully saturated rings. The third-order valence-corrected chi connectivity index (χ3v) is 3.64. The van der Waals surface area contributed by atoms with Crippen LogP contribution in [0.15, 0.2) is 35.4 Å². The summed E-state index contributed by atoms with van der Waals surface area (Å²) in [6.07, 6.45) is 0.603. The van der Waals surface area contributed by atoms with E-state index in [1.807, 2.05) is 31.2 Å². The Labute approximate surface area is 127 Å². The molecule has 1 heterocycles. The highest BCUT2D eigenvalue weighted by Crippen LogP contribution is 2.18. The van der Waals surface area contributed by atoms with Crippen LogP contribution in [0.4, 0.5) is 0 Å². The largest absolute Gasteiger partial charge is 0.497 e. The van der Waals surface area contributed by atoms with Crippen molar-refractivity contribution in [1.29, 1.82) is 0 Å². The first kappa shape index (κ1) is 15.3. The average Bonchev–Trinajstić information content (AvgIpc) is 2.45. The van der Waals surface area contributed by atoms with Gasteiger partial charge in [-0.15, -0.1) is 0 Å². The normalized spacial score (nSPS) is 10.4. The van der Waals surface area contributed by atoms with E-state index in [0.717, 1.165) is 17.0 Å². The number of hydrogen-bond donors (Lipinski definition) is 1. The molecule has 2 rings (SSSR count). The Balaban J connectivity index is 2.12. The summed E-state index contributed by atoms with van der Waals surface area (Å²) in [5.41, 5.74) is 1.91. The SMILES string of the molecule is COc1ccc(Cc2nc(C)cc(SCC(=O)O)n2)cc1. The van der Waals surface area contributed by atoms with E-state index in [-0.39, 0.29) is 5.75 Å². The second kappa shape index (κ2) is 7.08. The number of thioether (sulfide) groups is 1. The van der Waals surface area contributed by atoms with Crippen LogP contribution in [-0.2, 0) is 11.2 Å². The van der Waals surface area contributed by atoms with E-state index in [1.54, 1.807) is 13.2 Å². The Morgan fingerprint density at radius 1 is 1.29 bits per heavy atom. The van der Waals surface area contributed by atoms with E-state index in [4.69, 9.17) is 9.84 Å². The van der Waals surface area contributed by atoms with Crippen molar-refractivity contribution in [3.05, 3.63) is 47.4 Å². The quantitative estimate of drug-likeness (QED) is 0.653. The Bertz CT molecular complexity index is 629. The fraction of sp³-hybridized carbons (Fsp3) is 0.267. The van der Waals surface area contributed by atoms with Gasteiger partial charge in [-0.2, -0.15) is 0 Å². The van der Waals surface area contributed by atoms with Crippen LogP contribution in [0.25, 0.3) is 0 Å². The van der Waals surface area contributed by atoms with E-state index in [2.05, 4.69) is 9.97 Å². The topological polar surface area (TPSA) is 72.3 Å². The van der Waals surface area contributed by atoms with Crippen molar-refractivity contribution in [2.45, 2.75) is 18.4 Å². The smallest absolute Gasteiger partial charge is 0.313 e. The number of hydrogen-bond acceptors (Lipinski definition) is 5. The van der Waals surface area contributed by atoms with Crippen molar-refractivity contribution in [2.24, 2.45) is 0 Å². The molecule has 1 aromatic carbocycles. The molecule has 0 saturated carbocycles. The number of carboxylic acids is 1. The lowest BCUT2D eigenvalue weighted by Crippen LogP contribution is -2.02. The van der Waals surface area contributed by atoms with Gasteiger partial charge in [-0.3, -0.25) is 4.79 Å². The van der Waals surface area contributed by atoms with Gasteiger partial charge in [-0.25, -0.2) is 9.97 Å². The number of ether oxygens (including phenoxy) is 1.